The number of carbonyl (C=O) groups excluding carboxylic acids is 4. The average Bonchev–Trinajstić information content (AvgIpc) is 3.61. The van der Waals surface area contributed by atoms with E-state index in [9.17, 15) is 24.3 Å². The maximum absolute atomic E-state index is 13.0. The molecule has 0 fully saturated rings. The highest BCUT2D eigenvalue weighted by atomic mass is 16.5. The fraction of sp³-hybridized carbons (Fsp3) is 0.385. The number of rotatable bonds is 3. The lowest BCUT2D eigenvalue weighted by Crippen LogP contribution is -2.56. The summed E-state index contributed by atoms with van der Waals surface area (Å²) in [5, 5.41) is 27.5. The Bertz CT molecular complexity index is 1340. The van der Waals surface area contributed by atoms with Gasteiger partial charge in [0.05, 0.1) is 12.6 Å². The highest BCUT2D eigenvalue weighted by molar-refractivity contribution is 5.97. The van der Waals surface area contributed by atoms with Crippen molar-refractivity contribution in [3.63, 3.8) is 0 Å². The molecule has 3 heterocycles. The van der Waals surface area contributed by atoms with Crippen molar-refractivity contribution in [2.75, 3.05) is 13.1 Å². The fourth-order valence-corrected chi connectivity index (χ4v) is 3.97. The van der Waals surface area contributed by atoms with E-state index in [4.69, 9.17) is 8.94 Å². The van der Waals surface area contributed by atoms with Crippen molar-refractivity contribution in [3.05, 3.63) is 71.3 Å². The molecule has 4 amide bonds. The van der Waals surface area contributed by atoms with E-state index in [0.29, 0.717) is 12.3 Å². The summed E-state index contributed by atoms with van der Waals surface area (Å²) in [6, 6.07) is 7.69. The highest BCUT2D eigenvalue weighted by Crippen LogP contribution is 2.20. The van der Waals surface area contributed by atoms with Crippen LogP contribution >= 0.6 is 0 Å². The second-order valence-electron chi connectivity index (χ2n) is 9.36. The zero-order valence-corrected chi connectivity index (χ0v) is 22.0. The minimum Gasteiger partial charge on any atom is -0.446 e. The Morgan fingerprint density at radius 1 is 1.00 bits per heavy atom. The Labute approximate surface area is 229 Å². The molecule has 0 spiro atoms. The summed E-state index contributed by atoms with van der Waals surface area (Å²) in [6.07, 6.45) is 0.0971. The van der Waals surface area contributed by atoms with Gasteiger partial charge in [0.1, 0.15) is 24.4 Å². The van der Waals surface area contributed by atoms with Crippen LogP contribution in [0.1, 0.15) is 58.1 Å². The Morgan fingerprint density at radius 3 is 2.50 bits per heavy atom. The van der Waals surface area contributed by atoms with E-state index in [1.54, 1.807) is 0 Å². The second-order valence-corrected chi connectivity index (χ2v) is 9.36. The van der Waals surface area contributed by atoms with Crippen molar-refractivity contribution in [3.8, 4) is 0 Å². The number of fused-ring (bicyclic) bond motifs is 4. The van der Waals surface area contributed by atoms with E-state index in [2.05, 4.69) is 36.7 Å². The van der Waals surface area contributed by atoms with E-state index in [-0.39, 0.29) is 36.8 Å². The SMILES string of the molecule is C[C@H]1NC(=O)[C@H]([C@@H](C)O)NC(=O)c2coc(n2)C(Cc2ccccc2)NC(=O)c2cc(on2)CNCCNC1=O. The Balaban J connectivity index is 1.62. The normalized spacial score (nSPS) is 22.2. The summed E-state index contributed by atoms with van der Waals surface area (Å²) in [6.45, 7) is 3.67. The number of aliphatic hydroxyl groups excluding tert-OH is 1. The lowest BCUT2D eigenvalue weighted by atomic mass is 10.1. The van der Waals surface area contributed by atoms with E-state index in [1.807, 2.05) is 30.3 Å². The average molecular weight is 554 g/mol. The van der Waals surface area contributed by atoms with Crippen LogP contribution < -0.4 is 26.6 Å². The summed E-state index contributed by atoms with van der Waals surface area (Å²) < 4.78 is 10.8. The monoisotopic (exact) mass is 553 g/mol. The molecule has 0 radical (unpaired) electrons. The van der Waals surface area contributed by atoms with Crippen molar-refractivity contribution < 1.29 is 33.2 Å². The smallest absolute Gasteiger partial charge is 0.274 e. The van der Waals surface area contributed by atoms with E-state index < -0.39 is 47.9 Å². The maximum Gasteiger partial charge on any atom is 0.274 e. The van der Waals surface area contributed by atoms with E-state index in [1.165, 1.54) is 19.9 Å². The molecule has 1 unspecified atom stereocenters. The third-order valence-electron chi connectivity index (χ3n) is 6.14. The first-order chi connectivity index (χ1) is 19.2. The molecule has 6 N–H and O–H groups in total. The topological polar surface area (TPSA) is 201 Å². The number of carbonyl (C=O) groups is 4. The van der Waals surface area contributed by atoms with Crippen molar-refractivity contribution in [2.45, 2.75) is 51.0 Å². The minimum absolute atomic E-state index is 0.0387. The molecule has 1 aliphatic rings. The second kappa shape index (κ2) is 13.0. The zero-order valence-electron chi connectivity index (χ0n) is 22.0. The summed E-state index contributed by atoms with van der Waals surface area (Å²) in [5.41, 5.74) is 0.736. The van der Waals surface area contributed by atoms with Gasteiger partial charge in [-0.3, -0.25) is 19.2 Å². The summed E-state index contributed by atoms with van der Waals surface area (Å²) in [5.74, 6) is -2.10. The van der Waals surface area contributed by atoms with Gasteiger partial charge in [0.2, 0.25) is 17.7 Å². The van der Waals surface area contributed by atoms with Crippen molar-refractivity contribution in [2.24, 2.45) is 0 Å². The van der Waals surface area contributed by atoms with Gasteiger partial charge in [0.15, 0.2) is 17.1 Å². The molecule has 0 aliphatic carbocycles. The van der Waals surface area contributed by atoms with Crippen LogP contribution in [0.2, 0.25) is 0 Å². The number of aliphatic hydroxyl groups is 1. The number of oxazole rings is 1. The lowest BCUT2D eigenvalue weighted by molar-refractivity contribution is -0.130. The van der Waals surface area contributed by atoms with Gasteiger partial charge in [-0.1, -0.05) is 35.5 Å². The molecule has 2 aromatic heterocycles. The van der Waals surface area contributed by atoms with Crippen molar-refractivity contribution in [1.29, 1.82) is 0 Å². The van der Waals surface area contributed by atoms with E-state index in [0.717, 1.165) is 11.8 Å². The zero-order chi connectivity index (χ0) is 28.6. The molecule has 1 aliphatic heterocycles. The summed E-state index contributed by atoms with van der Waals surface area (Å²) in [4.78, 5) is 55.4. The molecule has 3 aromatic rings. The first-order valence-corrected chi connectivity index (χ1v) is 12.7. The molecule has 4 atom stereocenters. The van der Waals surface area contributed by atoms with Crippen LogP contribution in [0.25, 0.3) is 0 Å². The molecule has 0 saturated carbocycles. The van der Waals surface area contributed by atoms with Crippen LogP contribution in [-0.4, -0.2) is 70.2 Å². The standard InChI is InChI=1S/C26H31N7O7/c1-14-22(35)28-9-8-27-12-17-11-18(33-40-17)23(36)30-19(10-16-6-4-3-5-7-16)26-31-20(13-39-26)24(37)32-21(15(2)34)25(38)29-14/h3-7,11,13-15,19,21,27,34H,8-10,12H2,1-2H3,(H,28,35)(H,29,38)(H,30,36)(H,32,37)/t14-,15-,19?,21+/m1/s1. The molecule has 40 heavy (non-hydrogen) atoms. The maximum atomic E-state index is 13.0. The molecule has 212 valence electrons. The lowest BCUT2D eigenvalue weighted by Gasteiger charge is -2.22. The van der Waals surface area contributed by atoms with E-state index >= 15 is 0 Å². The Kier molecular flexibility index (Phi) is 9.24. The van der Waals surface area contributed by atoms with Gasteiger partial charge >= 0.3 is 0 Å². The van der Waals surface area contributed by atoms with Gasteiger partial charge in [-0.25, -0.2) is 4.98 Å². The number of nitrogens with zero attached hydrogens (tertiary/aromatic N) is 2. The van der Waals surface area contributed by atoms with Crippen LogP contribution in [0.5, 0.6) is 0 Å². The Morgan fingerprint density at radius 2 is 1.75 bits per heavy atom. The number of hydrogen-bond donors (Lipinski definition) is 6. The number of hydrogen-bond acceptors (Lipinski definition) is 10. The van der Waals surface area contributed by atoms with Crippen molar-refractivity contribution in [1.82, 2.24) is 36.7 Å². The molecule has 4 bridgehead atoms. The van der Waals surface area contributed by atoms with Crippen LogP contribution in [-0.2, 0) is 22.6 Å². The molecule has 4 rings (SSSR count). The molecule has 0 saturated heterocycles. The van der Waals surface area contributed by atoms with Crippen LogP contribution in [0, 0.1) is 0 Å². The van der Waals surface area contributed by atoms with Crippen LogP contribution in [0.4, 0.5) is 0 Å². The summed E-state index contributed by atoms with van der Waals surface area (Å²) >= 11 is 0. The molecular formula is C26H31N7O7. The van der Waals surface area contributed by atoms with Gasteiger partial charge in [0, 0.05) is 25.6 Å². The quantitative estimate of drug-likeness (QED) is 0.247. The third-order valence-corrected chi connectivity index (χ3v) is 6.14. The molecule has 1 aromatic carbocycles. The Hall–Kier alpha value is -4.56. The summed E-state index contributed by atoms with van der Waals surface area (Å²) in [7, 11) is 0. The highest BCUT2D eigenvalue weighted by Gasteiger charge is 2.30. The number of nitrogens with one attached hydrogen (secondary N) is 5. The van der Waals surface area contributed by atoms with Crippen molar-refractivity contribution >= 4 is 23.6 Å². The fourth-order valence-electron chi connectivity index (χ4n) is 3.97. The van der Waals surface area contributed by atoms with Crippen LogP contribution in [0.15, 0.2) is 51.6 Å². The number of benzene rings is 1. The van der Waals surface area contributed by atoms with Gasteiger partial charge in [-0.05, 0) is 19.4 Å². The first-order valence-electron chi connectivity index (χ1n) is 12.7. The van der Waals surface area contributed by atoms with Gasteiger partial charge in [-0.2, -0.15) is 0 Å². The number of amides is 4. The van der Waals surface area contributed by atoms with Gasteiger partial charge in [-0.15, -0.1) is 0 Å². The number of aromatic nitrogens is 2. The largest absolute Gasteiger partial charge is 0.446 e. The van der Waals surface area contributed by atoms with Crippen LogP contribution in [0.3, 0.4) is 0 Å². The van der Waals surface area contributed by atoms with Gasteiger partial charge < -0.3 is 40.6 Å². The molecule has 14 heteroatoms. The predicted octanol–water partition coefficient (Wildman–Crippen LogP) is -0.420. The minimum atomic E-state index is -1.38. The van der Waals surface area contributed by atoms with Gasteiger partial charge in [0.25, 0.3) is 11.8 Å². The first kappa shape index (κ1) is 28.4. The predicted molar refractivity (Wildman–Crippen MR) is 139 cm³/mol. The molecular weight excluding hydrogens is 522 g/mol. The third kappa shape index (κ3) is 7.30. The molecule has 14 nitrogen and oxygen atoms in total.